The number of H-pyrrole nitrogens is 1. The first-order valence-electron chi connectivity index (χ1n) is 11.5. The number of thioether (sulfide) groups is 1. The number of thiazole rings is 1. The van der Waals surface area contributed by atoms with Crippen LogP contribution < -0.4 is 19.7 Å². The first-order chi connectivity index (χ1) is 18.7. The predicted octanol–water partition coefficient (Wildman–Crippen LogP) is 2.79. The van der Waals surface area contributed by atoms with Crippen LogP contribution in [0.15, 0.2) is 52.3 Å². The number of methoxy groups -OCH3 is 1. The second kappa shape index (κ2) is 10.8. The monoisotopic (exact) mass is 589 g/mol. The minimum Gasteiger partial charge on any atom is -0.497 e. The van der Waals surface area contributed by atoms with E-state index >= 15 is 0 Å². The quantitative estimate of drug-likeness (QED) is 0.336. The number of hydrogen-bond donors (Lipinski definition) is 3. The fraction of sp³-hybridized carbons (Fsp3) is 0.240. The Bertz CT molecular complexity index is 1540. The Hall–Kier alpha value is -3.81. The van der Waals surface area contributed by atoms with E-state index in [9.17, 15) is 29.1 Å². The van der Waals surface area contributed by atoms with Crippen LogP contribution in [0, 0.1) is 5.92 Å². The van der Waals surface area contributed by atoms with E-state index in [1.807, 2.05) is 0 Å². The minimum absolute atomic E-state index is 0.226. The van der Waals surface area contributed by atoms with Gasteiger partial charge in [0, 0.05) is 27.1 Å². The fourth-order valence-electron chi connectivity index (χ4n) is 4.61. The van der Waals surface area contributed by atoms with E-state index in [-0.39, 0.29) is 17.2 Å². The Kier molecular flexibility index (Phi) is 7.38. The van der Waals surface area contributed by atoms with Gasteiger partial charge in [0.25, 0.3) is 5.91 Å². The number of amides is 3. The second-order valence-electron chi connectivity index (χ2n) is 8.65. The highest BCUT2D eigenvalue weighted by atomic mass is 35.5. The summed E-state index contributed by atoms with van der Waals surface area (Å²) in [6.45, 7) is -1.16. The molecule has 0 spiro atoms. The van der Waals surface area contributed by atoms with Gasteiger partial charge in [-0.2, -0.15) is 0 Å². The molecule has 14 heteroatoms. The van der Waals surface area contributed by atoms with E-state index in [2.05, 4.69) is 10.3 Å². The van der Waals surface area contributed by atoms with Gasteiger partial charge in [0.05, 0.1) is 18.1 Å². The Labute approximate surface area is 234 Å². The highest BCUT2D eigenvalue weighted by Gasteiger charge is 2.56. The topological polar surface area (TPSA) is 155 Å². The Morgan fingerprint density at radius 2 is 1.87 bits per heavy atom. The molecule has 0 saturated carbocycles. The zero-order valence-corrected chi connectivity index (χ0v) is 22.5. The molecular weight excluding hydrogens is 570 g/mol. The number of carbonyl (C=O) groups is 4. The number of halogens is 1. The SMILES string of the molecule is COc1ccc(NC(=O)COc2ccc(Cl)cc2[C@@H]2c3sc(=O)[nH]c3S[C@@H]3C(=O)N(CC(=O)O)C(=O)[C@H]23)cc1. The van der Waals surface area contributed by atoms with Gasteiger partial charge in [-0.1, -0.05) is 34.7 Å². The van der Waals surface area contributed by atoms with Gasteiger partial charge < -0.3 is 24.9 Å². The van der Waals surface area contributed by atoms with Crippen LogP contribution in [0.1, 0.15) is 16.4 Å². The number of nitrogens with zero attached hydrogens (tertiary/aromatic N) is 1. The standard InChI is InChI=1S/C25H20ClN3O8S2/c1-36-13-5-3-12(4-6-13)27-16(30)10-37-15-7-2-11(26)8-14(15)18-19-21(38-22-20(18)39-25(35)28-22)24(34)29(23(19)33)9-17(31)32/h2-8,18-19,21H,9-10H2,1H3,(H,27,30)(H,28,35)(H,31,32)/t18-,19+,21-/m0/s1. The van der Waals surface area contributed by atoms with Gasteiger partial charge in [-0.05, 0) is 42.5 Å². The number of ether oxygens (including phenoxy) is 2. The number of nitrogens with one attached hydrogen (secondary N) is 2. The highest BCUT2D eigenvalue weighted by molar-refractivity contribution is 8.00. The summed E-state index contributed by atoms with van der Waals surface area (Å²) in [6, 6.07) is 11.4. The molecule has 2 aliphatic rings. The number of anilines is 1. The van der Waals surface area contributed by atoms with E-state index in [0.717, 1.165) is 28.0 Å². The van der Waals surface area contributed by atoms with Gasteiger partial charge in [0.15, 0.2) is 6.61 Å². The van der Waals surface area contributed by atoms with Crippen LogP contribution in [0.3, 0.4) is 0 Å². The molecule has 5 rings (SSSR count). The van der Waals surface area contributed by atoms with E-state index in [0.29, 0.717) is 31.9 Å². The second-order valence-corrected chi connectivity index (χ2v) is 11.3. The summed E-state index contributed by atoms with van der Waals surface area (Å²) in [6.07, 6.45) is 0. The van der Waals surface area contributed by atoms with Crippen molar-refractivity contribution in [2.45, 2.75) is 16.2 Å². The van der Waals surface area contributed by atoms with Crippen LogP contribution in [0.25, 0.3) is 0 Å². The van der Waals surface area contributed by atoms with Gasteiger partial charge in [-0.25, -0.2) is 0 Å². The van der Waals surface area contributed by atoms with Gasteiger partial charge in [-0.15, -0.1) is 0 Å². The molecule has 0 aliphatic carbocycles. The normalized spacial score (nSPS) is 19.8. The van der Waals surface area contributed by atoms with Gasteiger partial charge in [0.1, 0.15) is 23.3 Å². The number of carboxylic acid groups (broad SMARTS) is 1. The summed E-state index contributed by atoms with van der Waals surface area (Å²) in [5.41, 5.74) is 0.924. The number of aromatic nitrogens is 1. The average molecular weight is 590 g/mol. The molecule has 1 fully saturated rings. The maximum absolute atomic E-state index is 13.4. The van der Waals surface area contributed by atoms with Crippen molar-refractivity contribution in [2.24, 2.45) is 5.92 Å². The van der Waals surface area contributed by atoms with Crippen LogP contribution in [-0.2, 0) is 19.2 Å². The molecule has 3 heterocycles. The molecule has 0 unspecified atom stereocenters. The molecule has 2 aromatic carbocycles. The van der Waals surface area contributed by atoms with Crippen molar-refractivity contribution < 1.29 is 33.8 Å². The number of hydrogen-bond acceptors (Lipinski definition) is 9. The first kappa shape index (κ1) is 26.8. The van der Waals surface area contributed by atoms with E-state index < -0.39 is 47.3 Å². The number of fused-ring (bicyclic) bond motifs is 2. The van der Waals surface area contributed by atoms with Crippen molar-refractivity contribution in [1.82, 2.24) is 9.88 Å². The number of likely N-dealkylation sites (tertiary alicyclic amines) is 1. The third-order valence-corrected chi connectivity index (χ3v) is 8.88. The number of carboxylic acids is 1. The fourth-order valence-corrected chi connectivity index (χ4v) is 7.32. The number of aromatic amines is 1. The zero-order valence-electron chi connectivity index (χ0n) is 20.1. The van der Waals surface area contributed by atoms with Crippen LogP contribution in [-0.4, -0.2) is 64.2 Å². The molecule has 202 valence electrons. The molecule has 3 N–H and O–H groups in total. The summed E-state index contributed by atoms with van der Waals surface area (Å²) >= 11 is 8.22. The summed E-state index contributed by atoms with van der Waals surface area (Å²) in [4.78, 5) is 66.3. The summed E-state index contributed by atoms with van der Waals surface area (Å²) in [5, 5.41) is 11.7. The molecule has 1 saturated heterocycles. The number of imide groups is 1. The molecule has 0 bridgehead atoms. The first-order valence-corrected chi connectivity index (χ1v) is 13.6. The lowest BCUT2D eigenvalue weighted by Crippen LogP contribution is -2.36. The predicted molar refractivity (Wildman–Crippen MR) is 143 cm³/mol. The highest BCUT2D eigenvalue weighted by Crippen LogP contribution is 2.54. The van der Waals surface area contributed by atoms with Crippen molar-refractivity contribution in [3.8, 4) is 11.5 Å². The lowest BCUT2D eigenvalue weighted by atomic mass is 9.82. The summed E-state index contributed by atoms with van der Waals surface area (Å²) in [7, 11) is 1.53. The molecular formula is C25H20ClN3O8S2. The third-order valence-electron chi connectivity index (χ3n) is 6.25. The van der Waals surface area contributed by atoms with Gasteiger partial charge in [0.2, 0.25) is 11.8 Å². The van der Waals surface area contributed by atoms with Crippen LogP contribution in [0.4, 0.5) is 5.69 Å². The zero-order chi connectivity index (χ0) is 27.8. The van der Waals surface area contributed by atoms with Crippen molar-refractivity contribution >= 4 is 64.1 Å². The largest absolute Gasteiger partial charge is 0.497 e. The molecule has 3 aromatic rings. The van der Waals surface area contributed by atoms with Crippen molar-refractivity contribution in [3.05, 3.63) is 67.6 Å². The minimum atomic E-state index is -1.32. The smallest absolute Gasteiger partial charge is 0.323 e. The Balaban J connectivity index is 1.47. The maximum atomic E-state index is 13.4. The van der Waals surface area contributed by atoms with Crippen molar-refractivity contribution in [1.29, 1.82) is 0 Å². The number of carbonyl (C=O) groups excluding carboxylic acids is 3. The van der Waals surface area contributed by atoms with Crippen molar-refractivity contribution in [3.63, 3.8) is 0 Å². The molecule has 1 aromatic heterocycles. The van der Waals surface area contributed by atoms with Crippen LogP contribution >= 0.6 is 34.7 Å². The Morgan fingerprint density at radius 3 is 2.56 bits per heavy atom. The van der Waals surface area contributed by atoms with E-state index in [1.165, 1.54) is 7.11 Å². The van der Waals surface area contributed by atoms with Crippen LogP contribution in [0.2, 0.25) is 5.02 Å². The molecule has 0 radical (unpaired) electrons. The van der Waals surface area contributed by atoms with E-state index in [4.69, 9.17) is 21.1 Å². The molecule has 3 amide bonds. The van der Waals surface area contributed by atoms with Crippen LogP contribution in [0.5, 0.6) is 11.5 Å². The maximum Gasteiger partial charge on any atom is 0.323 e. The summed E-state index contributed by atoms with van der Waals surface area (Å²) < 4.78 is 11.0. The van der Waals surface area contributed by atoms with Gasteiger partial charge in [-0.3, -0.25) is 28.9 Å². The van der Waals surface area contributed by atoms with E-state index in [1.54, 1.807) is 42.5 Å². The Morgan fingerprint density at radius 1 is 1.13 bits per heavy atom. The lowest BCUT2D eigenvalue weighted by Gasteiger charge is -2.31. The molecule has 3 atom stereocenters. The molecule has 2 aliphatic heterocycles. The number of rotatable bonds is 8. The summed E-state index contributed by atoms with van der Waals surface area (Å²) in [5.74, 6) is -4.09. The van der Waals surface area contributed by atoms with Gasteiger partial charge >= 0.3 is 10.8 Å². The third kappa shape index (κ3) is 5.24. The number of aliphatic carboxylic acids is 1. The molecule has 39 heavy (non-hydrogen) atoms. The lowest BCUT2D eigenvalue weighted by molar-refractivity contribution is -0.149. The van der Waals surface area contributed by atoms with Crippen molar-refractivity contribution in [2.75, 3.05) is 25.6 Å². The average Bonchev–Trinajstić information content (AvgIpc) is 3.38. The molecule has 11 nitrogen and oxygen atoms in total. The number of benzene rings is 2.